The Bertz CT molecular complexity index is 577. The van der Waals surface area contributed by atoms with Gasteiger partial charge in [0.1, 0.15) is 0 Å². The lowest BCUT2D eigenvalue weighted by molar-refractivity contribution is 0.0957. The van der Waals surface area contributed by atoms with Crippen LogP contribution in [0.25, 0.3) is 5.69 Å². The minimum Gasteiger partial charge on any atom is -0.354 e. The van der Waals surface area contributed by atoms with Gasteiger partial charge in [0.15, 0.2) is 5.69 Å². The van der Waals surface area contributed by atoms with E-state index in [1.54, 1.807) is 24.0 Å². The number of benzene rings is 1. The molecular formula is C15H20N4O. The van der Waals surface area contributed by atoms with Crippen LogP contribution in [0.5, 0.6) is 0 Å². The van der Waals surface area contributed by atoms with Gasteiger partial charge in [-0.25, -0.2) is 4.68 Å². The predicted octanol–water partition coefficient (Wildman–Crippen LogP) is 1.73. The first-order chi connectivity index (χ1) is 9.74. The summed E-state index contributed by atoms with van der Waals surface area (Å²) in [6, 6.07) is 9.84. The Labute approximate surface area is 119 Å². The van der Waals surface area contributed by atoms with E-state index in [0.29, 0.717) is 5.69 Å². The normalized spacial score (nSPS) is 10.5. The second kappa shape index (κ2) is 6.86. The van der Waals surface area contributed by atoms with E-state index in [1.165, 1.54) is 5.56 Å². The van der Waals surface area contributed by atoms with Crippen LogP contribution >= 0.6 is 0 Å². The number of hydrogen-bond donors (Lipinski definition) is 2. The molecule has 2 N–H and O–H groups in total. The van der Waals surface area contributed by atoms with Gasteiger partial charge in [-0.3, -0.25) is 4.79 Å². The van der Waals surface area contributed by atoms with Gasteiger partial charge in [-0.15, -0.1) is 0 Å². The van der Waals surface area contributed by atoms with Crippen molar-refractivity contribution < 1.29 is 4.79 Å². The fraction of sp³-hybridized carbons (Fsp3) is 0.333. The van der Waals surface area contributed by atoms with E-state index in [0.717, 1.165) is 25.2 Å². The molecule has 2 aromatic rings. The molecule has 0 aliphatic rings. The molecule has 20 heavy (non-hydrogen) atoms. The van der Waals surface area contributed by atoms with Gasteiger partial charge in [0.05, 0.1) is 5.69 Å². The standard InChI is InChI=1S/C15H20N4O/c1-3-8-17-11-12-5-4-6-13(10-12)19-9-7-14(18-19)15(20)16-2/h4-7,9-10,17H,3,8,11H2,1-2H3,(H,16,20). The van der Waals surface area contributed by atoms with E-state index in [2.05, 4.69) is 34.8 Å². The molecule has 5 heteroatoms. The molecule has 1 aromatic heterocycles. The zero-order chi connectivity index (χ0) is 14.4. The van der Waals surface area contributed by atoms with E-state index < -0.39 is 0 Å². The summed E-state index contributed by atoms with van der Waals surface area (Å²) >= 11 is 0. The van der Waals surface area contributed by atoms with E-state index >= 15 is 0 Å². The lowest BCUT2D eigenvalue weighted by Crippen LogP contribution is -2.18. The van der Waals surface area contributed by atoms with Crippen LogP contribution in [0.1, 0.15) is 29.4 Å². The van der Waals surface area contributed by atoms with Gasteiger partial charge in [-0.2, -0.15) is 5.10 Å². The van der Waals surface area contributed by atoms with Gasteiger partial charge in [-0.1, -0.05) is 19.1 Å². The summed E-state index contributed by atoms with van der Waals surface area (Å²) < 4.78 is 1.72. The van der Waals surface area contributed by atoms with Gasteiger partial charge < -0.3 is 10.6 Å². The van der Waals surface area contributed by atoms with Crippen molar-refractivity contribution in [3.63, 3.8) is 0 Å². The average molecular weight is 272 g/mol. The minimum absolute atomic E-state index is 0.176. The molecule has 0 spiro atoms. The molecule has 106 valence electrons. The zero-order valence-electron chi connectivity index (χ0n) is 11.9. The molecule has 0 fully saturated rings. The second-order valence-electron chi connectivity index (χ2n) is 4.57. The number of carbonyl (C=O) groups excluding carboxylic acids is 1. The van der Waals surface area contributed by atoms with Crippen molar-refractivity contribution in [1.29, 1.82) is 0 Å². The van der Waals surface area contributed by atoms with Crippen molar-refractivity contribution >= 4 is 5.91 Å². The number of aromatic nitrogens is 2. The average Bonchev–Trinajstić information content (AvgIpc) is 2.97. The number of hydrogen-bond acceptors (Lipinski definition) is 3. The Morgan fingerprint density at radius 2 is 2.20 bits per heavy atom. The Kier molecular flexibility index (Phi) is 4.90. The van der Waals surface area contributed by atoms with Crippen molar-refractivity contribution in [2.75, 3.05) is 13.6 Å². The lowest BCUT2D eigenvalue weighted by atomic mass is 10.2. The largest absolute Gasteiger partial charge is 0.354 e. The maximum absolute atomic E-state index is 11.5. The Balaban J connectivity index is 2.14. The van der Waals surface area contributed by atoms with Crippen LogP contribution in [0.3, 0.4) is 0 Å². The highest BCUT2D eigenvalue weighted by Gasteiger charge is 2.08. The summed E-state index contributed by atoms with van der Waals surface area (Å²) in [7, 11) is 1.60. The SMILES string of the molecule is CCCNCc1cccc(-n2ccc(C(=O)NC)n2)c1. The van der Waals surface area contributed by atoms with Crippen LogP contribution in [-0.4, -0.2) is 29.3 Å². The molecule has 0 atom stereocenters. The molecular weight excluding hydrogens is 252 g/mol. The Morgan fingerprint density at radius 3 is 2.95 bits per heavy atom. The first kappa shape index (κ1) is 14.3. The molecule has 0 aliphatic heterocycles. The third-order valence-corrected chi connectivity index (χ3v) is 2.98. The highest BCUT2D eigenvalue weighted by Crippen LogP contribution is 2.10. The van der Waals surface area contributed by atoms with E-state index in [9.17, 15) is 4.79 Å². The molecule has 0 saturated heterocycles. The second-order valence-corrected chi connectivity index (χ2v) is 4.57. The number of amides is 1. The quantitative estimate of drug-likeness (QED) is 0.787. The first-order valence-corrected chi connectivity index (χ1v) is 6.82. The van der Waals surface area contributed by atoms with Crippen LogP contribution in [0.15, 0.2) is 36.5 Å². The van der Waals surface area contributed by atoms with Crippen molar-refractivity contribution in [3.05, 3.63) is 47.8 Å². The number of carbonyl (C=O) groups is 1. The van der Waals surface area contributed by atoms with Crippen LogP contribution in [0.2, 0.25) is 0 Å². The van der Waals surface area contributed by atoms with Crippen molar-refractivity contribution in [1.82, 2.24) is 20.4 Å². The summed E-state index contributed by atoms with van der Waals surface area (Å²) in [5.41, 5.74) is 2.57. The smallest absolute Gasteiger partial charge is 0.271 e. The number of rotatable bonds is 6. The molecule has 0 aliphatic carbocycles. The van der Waals surface area contributed by atoms with Gasteiger partial charge in [-0.05, 0) is 36.7 Å². The first-order valence-electron chi connectivity index (χ1n) is 6.82. The summed E-state index contributed by atoms with van der Waals surface area (Å²) in [5.74, 6) is -0.176. The number of nitrogens with zero attached hydrogens (tertiary/aromatic N) is 2. The molecule has 2 rings (SSSR count). The molecule has 1 heterocycles. The Hall–Kier alpha value is -2.14. The summed E-state index contributed by atoms with van der Waals surface area (Å²) in [6.45, 7) is 3.99. The fourth-order valence-electron chi connectivity index (χ4n) is 1.94. The summed E-state index contributed by atoms with van der Waals surface area (Å²) in [6.07, 6.45) is 2.91. The predicted molar refractivity (Wildman–Crippen MR) is 79.0 cm³/mol. The highest BCUT2D eigenvalue weighted by molar-refractivity contribution is 5.91. The summed E-state index contributed by atoms with van der Waals surface area (Å²) in [4.78, 5) is 11.5. The molecule has 0 radical (unpaired) electrons. The van der Waals surface area contributed by atoms with Gasteiger partial charge in [0.25, 0.3) is 5.91 Å². The maximum atomic E-state index is 11.5. The van der Waals surface area contributed by atoms with E-state index in [4.69, 9.17) is 0 Å². The molecule has 0 unspecified atom stereocenters. The third-order valence-electron chi connectivity index (χ3n) is 2.98. The van der Waals surface area contributed by atoms with E-state index in [1.807, 2.05) is 12.1 Å². The van der Waals surface area contributed by atoms with Crippen molar-refractivity contribution in [3.8, 4) is 5.69 Å². The molecule has 0 bridgehead atoms. The maximum Gasteiger partial charge on any atom is 0.271 e. The Morgan fingerprint density at radius 1 is 1.35 bits per heavy atom. The molecule has 5 nitrogen and oxygen atoms in total. The van der Waals surface area contributed by atoms with Crippen molar-refractivity contribution in [2.24, 2.45) is 0 Å². The van der Waals surface area contributed by atoms with Crippen LogP contribution < -0.4 is 10.6 Å². The third kappa shape index (κ3) is 3.45. The van der Waals surface area contributed by atoms with Crippen LogP contribution in [-0.2, 0) is 6.54 Å². The van der Waals surface area contributed by atoms with Gasteiger partial charge in [0, 0.05) is 19.8 Å². The molecule has 0 saturated carbocycles. The molecule has 1 amide bonds. The van der Waals surface area contributed by atoms with Crippen LogP contribution in [0, 0.1) is 0 Å². The van der Waals surface area contributed by atoms with Gasteiger partial charge in [0.2, 0.25) is 0 Å². The highest BCUT2D eigenvalue weighted by atomic mass is 16.1. The fourth-order valence-corrected chi connectivity index (χ4v) is 1.94. The lowest BCUT2D eigenvalue weighted by Gasteiger charge is -2.06. The topological polar surface area (TPSA) is 59.0 Å². The van der Waals surface area contributed by atoms with Crippen molar-refractivity contribution in [2.45, 2.75) is 19.9 Å². The minimum atomic E-state index is -0.176. The van der Waals surface area contributed by atoms with E-state index in [-0.39, 0.29) is 5.91 Å². The molecule has 1 aromatic carbocycles. The van der Waals surface area contributed by atoms with Gasteiger partial charge >= 0.3 is 0 Å². The van der Waals surface area contributed by atoms with Crippen LogP contribution in [0.4, 0.5) is 0 Å². The summed E-state index contributed by atoms with van der Waals surface area (Å²) in [5, 5.41) is 10.2. The number of nitrogens with one attached hydrogen (secondary N) is 2. The zero-order valence-corrected chi connectivity index (χ0v) is 11.9. The monoisotopic (exact) mass is 272 g/mol.